The first-order valence-corrected chi connectivity index (χ1v) is 13.6. The lowest BCUT2D eigenvalue weighted by Gasteiger charge is -2.13. The molecule has 38 heavy (non-hydrogen) atoms. The van der Waals surface area contributed by atoms with E-state index in [1.807, 2.05) is 96.4 Å². The van der Waals surface area contributed by atoms with E-state index in [9.17, 15) is 10.1 Å². The maximum Gasteiger partial charge on any atom is 0.236 e. The Kier molecular flexibility index (Phi) is 7.78. The van der Waals surface area contributed by atoms with Gasteiger partial charge >= 0.3 is 0 Å². The number of pyridine rings is 1. The number of methoxy groups -OCH3 is 1. The molecule has 8 heteroatoms. The summed E-state index contributed by atoms with van der Waals surface area (Å²) in [5.74, 6) is 0.614. The zero-order chi connectivity index (χ0) is 26.3. The first-order chi connectivity index (χ1) is 18.6. The van der Waals surface area contributed by atoms with E-state index in [4.69, 9.17) is 9.72 Å². The third-order valence-electron chi connectivity index (χ3n) is 5.73. The second-order valence-electron chi connectivity index (χ2n) is 8.18. The molecule has 0 spiro atoms. The van der Waals surface area contributed by atoms with E-state index >= 15 is 0 Å². The summed E-state index contributed by atoms with van der Waals surface area (Å²) >= 11 is 2.61. The molecule has 5 aromatic rings. The number of hydrogen-bond acceptors (Lipinski definition) is 7. The van der Waals surface area contributed by atoms with Crippen LogP contribution in [0, 0.1) is 11.3 Å². The lowest BCUT2D eigenvalue weighted by molar-refractivity contribution is -0.113. The summed E-state index contributed by atoms with van der Waals surface area (Å²) in [6, 6.07) is 31.3. The highest BCUT2D eigenvalue weighted by Gasteiger charge is 2.17. The van der Waals surface area contributed by atoms with Gasteiger partial charge in [0.05, 0.1) is 29.8 Å². The van der Waals surface area contributed by atoms with E-state index in [-0.39, 0.29) is 11.7 Å². The Morgan fingerprint density at radius 1 is 0.921 bits per heavy atom. The van der Waals surface area contributed by atoms with E-state index in [2.05, 4.69) is 16.4 Å². The van der Waals surface area contributed by atoms with Crippen molar-refractivity contribution in [2.75, 3.05) is 18.2 Å². The monoisotopic (exact) mass is 534 g/mol. The van der Waals surface area contributed by atoms with E-state index in [0.29, 0.717) is 21.4 Å². The van der Waals surface area contributed by atoms with Gasteiger partial charge in [-0.05, 0) is 35.9 Å². The molecule has 6 nitrogen and oxygen atoms in total. The summed E-state index contributed by atoms with van der Waals surface area (Å²) in [5, 5.41) is 15.9. The number of benzene rings is 3. The number of anilines is 1. The Morgan fingerprint density at radius 2 is 1.58 bits per heavy atom. The van der Waals surface area contributed by atoms with Gasteiger partial charge in [0.15, 0.2) is 5.13 Å². The van der Waals surface area contributed by atoms with Crippen molar-refractivity contribution in [3.05, 3.63) is 102 Å². The fourth-order valence-electron chi connectivity index (χ4n) is 3.85. The average Bonchev–Trinajstić information content (AvgIpc) is 3.45. The van der Waals surface area contributed by atoms with Gasteiger partial charge in [-0.3, -0.25) is 4.79 Å². The summed E-state index contributed by atoms with van der Waals surface area (Å²) in [6.45, 7) is 0. The number of nitrogens with one attached hydrogen (secondary N) is 1. The number of amides is 1. The van der Waals surface area contributed by atoms with Crippen LogP contribution in [0.2, 0.25) is 0 Å². The fraction of sp³-hybridized carbons (Fsp3) is 0.0667. The van der Waals surface area contributed by atoms with Crippen LogP contribution in [0.1, 0.15) is 5.56 Å². The third kappa shape index (κ3) is 5.75. The largest absolute Gasteiger partial charge is 0.497 e. The predicted molar refractivity (Wildman–Crippen MR) is 153 cm³/mol. The molecular weight excluding hydrogens is 512 g/mol. The average molecular weight is 535 g/mol. The van der Waals surface area contributed by atoms with E-state index in [0.717, 1.165) is 33.7 Å². The number of nitriles is 1. The van der Waals surface area contributed by atoms with Crippen LogP contribution < -0.4 is 10.1 Å². The van der Waals surface area contributed by atoms with Crippen LogP contribution in [0.25, 0.3) is 33.6 Å². The molecule has 0 unspecified atom stereocenters. The summed E-state index contributed by atoms with van der Waals surface area (Å²) in [6.07, 6.45) is 0. The number of nitrogens with zero attached hydrogens (tertiary/aromatic N) is 3. The minimum absolute atomic E-state index is 0.0855. The topological polar surface area (TPSA) is 87.9 Å². The third-order valence-corrected chi connectivity index (χ3v) is 7.46. The number of ether oxygens (including phenoxy) is 1. The lowest BCUT2D eigenvalue weighted by Crippen LogP contribution is -2.14. The van der Waals surface area contributed by atoms with Crippen LogP contribution in [0.5, 0.6) is 5.75 Å². The molecule has 0 atom stereocenters. The smallest absolute Gasteiger partial charge is 0.236 e. The number of aromatic nitrogens is 2. The maximum atomic E-state index is 12.8. The normalized spacial score (nSPS) is 10.5. The van der Waals surface area contributed by atoms with Gasteiger partial charge in [-0.15, -0.1) is 11.3 Å². The van der Waals surface area contributed by atoms with Crippen molar-refractivity contribution in [3.63, 3.8) is 0 Å². The van der Waals surface area contributed by atoms with Gasteiger partial charge in [-0.2, -0.15) is 5.26 Å². The van der Waals surface area contributed by atoms with Gasteiger partial charge < -0.3 is 10.1 Å². The standard InChI is InChI=1S/C30H22N4O2S2/c1-36-23-14-12-22(13-15-23)26-16-24(20-8-4-2-5-9-20)25(17-31)29(32-26)37-19-28(35)34-30-33-27(18-38-30)21-10-6-3-7-11-21/h2-16,18H,19H2,1H3,(H,33,34,35). The molecule has 2 aromatic heterocycles. The van der Waals surface area contributed by atoms with E-state index < -0.39 is 0 Å². The van der Waals surface area contributed by atoms with Crippen molar-refractivity contribution in [2.45, 2.75) is 5.03 Å². The highest BCUT2D eigenvalue weighted by atomic mass is 32.2. The number of carbonyl (C=O) groups excluding carboxylic acids is 1. The molecule has 0 fully saturated rings. The van der Waals surface area contributed by atoms with Crippen molar-refractivity contribution >= 4 is 34.1 Å². The Bertz CT molecular complexity index is 1600. The number of thioether (sulfide) groups is 1. The van der Waals surface area contributed by atoms with Gasteiger partial charge in [0.2, 0.25) is 5.91 Å². The maximum absolute atomic E-state index is 12.8. The lowest BCUT2D eigenvalue weighted by atomic mass is 9.99. The van der Waals surface area contributed by atoms with Gasteiger partial charge in [-0.25, -0.2) is 9.97 Å². The zero-order valence-electron chi connectivity index (χ0n) is 20.4. The Balaban J connectivity index is 1.40. The summed E-state index contributed by atoms with van der Waals surface area (Å²) in [5.41, 5.74) is 5.51. The van der Waals surface area contributed by atoms with Gasteiger partial charge in [0.1, 0.15) is 16.8 Å². The summed E-state index contributed by atoms with van der Waals surface area (Å²) in [4.78, 5) is 22.1. The molecular formula is C30H22N4O2S2. The fourth-order valence-corrected chi connectivity index (χ4v) is 5.39. The van der Waals surface area contributed by atoms with Crippen molar-refractivity contribution in [1.29, 1.82) is 5.26 Å². The highest BCUT2D eigenvalue weighted by molar-refractivity contribution is 8.00. The zero-order valence-corrected chi connectivity index (χ0v) is 22.1. The predicted octanol–water partition coefficient (Wildman–Crippen LogP) is 7.15. The van der Waals surface area contributed by atoms with Crippen LogP contribution in [0.3, 0.4) is 0 Å². The SMILES string of the molecule is COc1ccc(-c2cc(-c3ccccc3)c(C#N)c(SCC(=O)Nc3nc(-c4ccccc4)cs3)n2)cc1. The van der Waals surface area contributed by atoms with Crippen LogP contribution in [-0.4, -0.2) is 28.7 Å². The summed E-state index contributed by atoms with van der Waals surface area (Å²) in [7, 11) is 1.62. The van der Waals surface area contributed by atoms with Crippen LogP contribution in [-0.2, 0) is 4.79 Å². The molecule has 3 aromatic carbocycles. The van der Waals surface area contributed by atoms with Crippen molar-refractivity contribution < 1.29 is 9.53 Å². The number of rotatable bonds is 8. The van der Waals surface area contributed by atoms with Crippen molar-refractivity contribution in [1.82, 2.24) is 9.97 Å². The molecule has 0 aliphatic heterocycles. The second-order valence-corrected chi connectivity index (χ2v) is 10.0. The number of carbonyl (C=O) groups is 1. The van der Waals surface area contributed by atoms with Gasteiger partial charge in [-0.1, -0.05) is 72.4 Å². The van der Waals surface area contributed by atoms with Gasteiger partial charge in [0, 0.05) is 22.1 Å². The molecule has 186 valence electrons. The van der Waals surface area contributed by atoms with Crippen LogP contribution in [0.15, 0.2) is 101 Å². The molecule has 0 bridgehead atoms. The molecule has 2 heterocycles. The van der Waals surface area contributed by atoms with Crippen LogP contribution >= 0.6 is 23.1 Å². The Morgan fingerprint density at radius 3 is 2.24 bits per heavy atom. The number of hydrogen-bond donors (Lipinski definition) is 1. The second kappa shape index (κ2) is 11.7. The first kappa shape index (κ1) is 25.2. The van der Waals surface area contributed by atoms with Gasteiger partial charge in [0.25, 0.3) is 0 Å². The Labute approximate surface area is 229 Å². The van der Waals surface area contributed by atoms with E-state index in [1.165, 1.54) is 23.1 Å². The highest BCUT2D eigenvalue weighted by Crippen LogP contribution is 2.35. The van der Waals surface area contributed by atoms with Crippen molar-refractivity contribution in [2.24, 2.45) is 0 Å². The quantitative estimate of drug-likeness (QED) is 0.213. The molecule has 5 rings (SSSR count). The van der Waals surface area contributed by atoms with E-state index in [1.54, 1.807) is 7.11 Å². The minimum atomic E-state index is -0.217. The molecule has 0 saturated carbocycles. The first-order valence-electron chi connectivity index (χ1n) is 11.7. The van der Waals surface area contributed by atoms with Crippen LogP contribution in [0.4, 0.5) is 5.13 Å². The molecule has 0 aliphatic rings. The molecule has 0 radical (unpaired) electrons. The number of thiazole rings is 1. The molecule has 0 aliphatic carbocycles. The minimum Gasteiger partial charge on any atom is -0.497 e. The summed E-state index contributed by atoms with van der Waals surface area (Å²) < 4.78 is 5.28. The Hall–Kier alpha value is -4.45. The molecule has 1 N–H and O–H groups in total. The van der Waals surface area contributed by atoms with Crippen molar-refractivity contribution in [3.8, 4) is 45.5 Å². The molecule has 1 amide bonds. The molecule has 0 saturated heterocycles.